The van der Waals surface area contributed by atoms with Crippen LogP contribution in [-0.2, 0) is 55.8 Å². The van der Waals surface area contributed by atoms with Gasteiger partial charge in [0, 0.05) is 121 Å². The zero-order valence-electron chi connectivity index (χ0n) is 64.0. The highest BCUT2D eigenvalue weighted by Gasteiger charge is 2.28. The summed E-state index contributed by atoms with van der Waals surface area (Å²) in [6, 6.07) is 26.3. The van der Waals surface area contributed by atoms with Crippen LogP contribution in [0.1, 0.15) is 141 Å². The molecule has 12 aromatic rings. The van der Waals surface area contributed by atoms with Crippen LogP contribution in [0.5, 0.6) is 23.0 Å². The number of hydrogen-bond acceptors (Lipinski definition) is 21. The number of aryl methyl sites for hydroxylation is 1. The van der Waals surface area contributed by atoms with Gasteiger partial charge < -0.3 is 45.5 Å². The number of aromatic amines is 3. The van der Waals surface area contributed by atoms with Crippen LogP contribution in [0.2, 0.25) is 0 Å². The van der Waals surface area contributed by atoms with E-state index in [1.165, 1.54) is 6.07 Å². The predicted octanol–water partition coefficient (Wildman–Crippen LogP) is 11.3. The number of fused-ring (bicyclic) bond motifs is 10. The zero-order chi connectivity index (χ0) is 78.0. The zero-order valence-corrected chi connectivity index (χ0v) is 64.0. The van der Waals surface area contributed by atoms with Crippen molar-refractivity contribution in [1.29, 1.82) is 0 Å². The molecule has 0 saturated carbocycles. The normalized spacial score (nSPS) is 13.0. The second-order valence-corrected chi connectivity index (χ2v) is 31.8. The highest BCUT2D eigenvalue weighted by atomic mass is 16.6. The van der Waals surface area contributed by atoms with Crippen LogP contribution >= 0.6 is 0 Å². The fourth-order valence-corrected chi connectivity index (χ4v) is 11.3. The van der Waals surface area contributed by atoms with Gasteiger partial charge in [0.05, 0.1) is 43.6 Å². The molecule has 3 aliphatic rings. The van der Waals surface area contributed by atoms with Crippen molar-refractivity contribution in [2.24, 2.45) is 5.73 Å². The van der Waals surface area contributed by atoms with Crippen molar-refractivity contribution in [3.05, 3.63) is 212 Å². The van der Waals surface area contributed by atoms with E-state index in [9.17, 15) is 33.6 Å². The Hall–Kier alpha value is -11.6. The van der Waals surface area contributed by atoms with Gasteiger partial charge in [0.2, 0.25) is 5.56 Å². The summed E-state index contributed by atoms with van der Waals surface area (Å²) in [7, 11) is 0. The number of H-pyrrole nitrogens is 3. The maximum absolute atomic E-state index is 12.3. The number of aromatic nitrogens is 15. The minimum atomic E-state index is -0.374. The molecule has 0 bridgehead atoms. The van der Waals surface area contributed by atoms with Crippen molar-refractivity contribution in [2.75, 3.05) is 35.9 Å². The molecule has 0 fully saturated rings. The third-order valence-corrected chi connectivity index (χ3v) is 16.9. The lowest BCUT2D eigenvalue weighted by molar-refractivity contribution is 0.128. The molecule has 3 aliphatic heterocycles. The van der Waals surface area contributed by atoms with Crippen molar-refractivity contribution in [1.82, 2.24) is 72.3 Å². The molecule has 30 nitrogen and oxygen atoms in total. The van der Waals surface area contributed by atoms with Crippen LogP contribution in [-0.4, -0.2) is 92.0 Å². The van der Waals surface area contributed by atoms with Crippen LogP contribution in [0.25, 0.3) is 44.0 Å². The molecule has 107 heavy (non-hydrogen) atoms. The summed E-state index contributed by atoms with van der Waals surface area (Å²) in [6.45, 7) is 39.3. The van der Waals surface area contributed by atoms with Gasteiger partial charge in [-0.05, 0) is 168 Å². The van der Waals surface area contributed by atoms with E-state index in [0.717, 1.165) is 67.4 Å². The van der Waals surface area contributed by atoms with Gasteiger partial charge in [0.1, 0.15) is 16.9 Å². The number of benzene rings is 3. The van der Waals surface area contributed by atoms with Gasteiger partial charge in [-0.25, -0.2) is 34.2 Å². The summed E-state index contributed by atoms with van der Waals surface area (Å²) in [6.07, 6.45) is 11.5. The Kier molecular flexibility index (Phi) is 22.2. The van der Waals surface area contributed by atoms with E-state index in [0.29, 0.717) is 78.0 Å². The molecule has 9 aromatic heterocycles. The first-order chi connectivity index (χ1) is 50.0. The monoisotopic (exact) mass is 1460 g/mol. The molecule has 15 rings (SSSR count). The molecule has 564 valence electrons. The molecule has 0 amide bonds. The Labute approximate surface area is 616 Å². The number of nitrogens with two attached hydrogens (primary N) is 1. The van der Waals surface area contributed by atoms with Gasteiger partial charge in [-0.15, -0.1) is 0 Å². The number of pyridine rings is 1. The van der Waals surface area contributed by atoms with Crippen LogP contribution in [0.15, 0.2) is 156 Å². The van der Waals surface area contributed by atoms with Gasteiger partial charge in [-0.3, -0.25) is 37.0 Å². The van der Waals surface area contributed by atoms with Crippen molar-refractivity contribution in [3.8, 4) is 23.0 Å². The summed E-state index contributed by atoms with van der Waals surface area (Å²) < 4.78 is 26.9. The Balaban J connectivity index is 0.000000138. The summed E-state index contributed by atoms with van der Waals surface area (Å²) in [4.78, 5) is 120. The van der Waals surface area contributed by atoms with Gasteiger partial charge in [0.15, 0.2) is 40.5 Å². The molecular formula is C77H95N19O11. The molecular weight excluding hydrogens is 1370 g/mol. The first-order valence-electron chi connectivity index (χ1n) is 35.0. The molecule has 0 unspecified atom stereocenters. The van der Waals surface area contributed by atoms with Crippen LogP contribution in [0.3, 0.4) is 0 Å². The first-order valence-corrected chi connectivity index (χ1v) is 35.0. The highest BCUT2D eigenvalue weighted by Crippen LogP contribution is 2.43. The summed E-state index contributed by atoms with van der Waals surface area (Å²) in [5.41, 5.74) is 11.6. The first kappa shape index (κ1) is 78.0. The average Bonchev–Trinajstić information content (AvgIpc) is 1.66. The van der Waals surface area contributed by atoms with Gasteiger partial charge >= 0.3 is 34.1 Å². The Morgan fingerprint density at radius 2 is 0.925 bits per heavy atom. The Bertz CT molecular complexity index is 5740. The summed E-state index contributed by atoms with van der Waals surface area (Å²) >= 11 is 0. The van der Waals surface area contributed by atoms with Gasteiger partial charge in [-0.1, -0.05) is 42.5 Å². The number of rotatable bonds is 4. The molecule has 0 radical (unpaired) electrons. The SMILES string of the molecule is CC(C)(C)n1cc2c(nc1=O)NOCC2.CC(C)(C)n1cc2c(nc1=O)Nc1c(COCCN)cccc1O2.CC(C)(C)n1cc2c(nc1=O)Nc1ccccc1O2.CC(C)(C)n1cc2c(nc1=O)[nH]c1ccccc12.CC(C)(C)n1cc2ccc(=O)[nH]c2nc1=O.Cc1cc2cn(C(C)(C)C)c(=O)nc2[nH]1. The van der Waals surface area contributed by atoms with Crippen molar-refractivity contribution in [2.45, 2.75) is 178 Å². The Morgan fingerprint density at radius 1 is 0.449 bits per heavy atom. The molecule has 8 N–H and O–H groups in total. The van der Waals surface area contributed by atoms with E-state index in [1.54, 1.807) is 52.1 Å². The maximum Gasteiger partial charge on any atom is 0.350 e. The molecule has 0 atom stereocenters. The van der Waals surface area contributed by atoms with E-state index in [4.69, 9.17) is 24.8 Å². The van der Waals surface area contributed by atoms with E-state index in [-0.39, 0.29) is 72.9 Å². The molecule has 30 heteroatoms. The smallest absolute Gasteiger partial charge is 0.350 e. The third kappa shape index (κ3) is 18.4. The minimum absolute atomic E-state index is 0.211. The number of ether oxygens (including phenoxy) is 3. The summed E-state index contributed by atoms with van der Waals surface area (Å²) in [5, 5.41) is 10.1. The molecule has 0 spiro atoms. The lowest BCUT2D eigenvalue weighted by atomic mass is 10.1. The largest absolute Gasteiger partial charge is 0.450 e. The highest BCUT2D eigenvalue weighted by molar-refractivity contribution is 6.05. The fourth-order valence-electron chi connectivity index (χ4n) is 11.3. The fraction of sp³-hybridized carbons (Fsp3) is 0.390. The van der Waals surface area contributed by atoms with Crippen LogP contribution in [0, 0.1) is 6.92 Å². The number of anilines is 5. The van der Waals surface area contributed by atoms with Crippen molar-refractivity contribution >= 4 is 72.8 Å². The van der Waals surface area contributed by atoms with Gasteiger partial charge in [-0.2, -0.15) is 29.9 Å². The second kappa shape index (κ2) is 30.5. The third-order valence-electron chi connectivity index (χ3n) is 16.9. The number of nitrogens with zero attached hydrogens (tertiary/aromatic N) is 12. The minimum Gasteiger partial charge on any atom is -0.450 e. The molecule has 0 aliphatic carbocycles. The molecule has 12 heterocycles. The van der Waals surface area contributed by atoms with E-state index in [1.807, 2.05) is 223 Å². The van der Waals surface area contributed by atoms with Crippen molar-refractivity contribution < 1.29 is 19.0 Å². The summed E-state index contributed by atoms with van der Waals surface area (Å²) in [5.74, 6) is 3.92. The average molecular weight is 1460 g/mol. The Morgan fingerprint density at radius 3 is 1.51 bits per heavy atom. The topological polar surface area (TPSA) is 373 Å². The quantitative estimate of drug-likeness (QED) is 0.0805. The number of nitrogens with one attached hydrogen (secondary N) is 6. The molecule has 0 saturated heterocycles. The number of hydrogen-bond donors (Lipinski definition) is 7. The number of para-hydroxylation sites is 4. The maximum atomic E-state index is 12.3. The van der Waals surface area contributed by atoms with Crippen LogP contribution in [0.4, 0.5) is 28.8 Å². The second-order valence-electron chi connectivity index (χ2n) is 31.8. The standard InChI is InChI=1S/C17H22N4O3.C14H15N3O2.C14H15N3O.C11H13N3O2.C11H15N3O.C10H15N3O2/c1-17(2,3)21-9-13-15(20-16(21)22)19-14-11(10-23-8-7-18)5-4-6-12(14)24-13;1-14(2,3)17-8-11-12(16-13(17)18)15-9-6-4-5-7-10(9)19-11;1-14(2,3)17-8-10-9-6-4-5-7-11(9)15-12(10)16-13(17)18;1-11(2,3)14-6-7-4-5-8(15)12-9(7)13-10(14)16;1-7-5-8-6-14(11(2,3)4)10(15)13-9(8)12-7;1-10(2,3)13-6-7-4-5-15-12-8(7)11-9(13)14/h4-6,9H,7-8,10,18H2,1-3H3,(H,19,20,22);4-8H,1-3H3,(H,15,16,18);4-8H,1-3H3,(H,15,16,18);4-6H,1-3H3,(H,12,13,15,16);5-6H,1-4H3,(H,12,13,15);6H,4-5H2,1-3H3,(H,11,12,14). The van der Waals surface area contributed by atoms with E-state index < -0.39 is 0 Å². The van der Waals surface area contributed by atoms with Crippen LogP contribution < -0.4 is 71.0 Å². The van der Waals surface area contributed by atoms with Crippen molar-refractivity contribution in [3.63, 3.8) is 0 Å². The predicted molar refractivity (Wildman–Crippen MR) is 417 cm³/mol. The van der Waals surface area contributed by atoms with Gasteiger partial charge in [0.25, 0.3) is 0 Å². The molecule has 3 aromatic carbocycles. The van der Waals surface area contributed by atoms with E-state index >= 15 is 0 Å². The lowest BCUT2D eigenvalue weighted by Crippen LogP contribution is -2.36. The van der Waals surface area contributed by atoms with E-state index in [2.05, 4.69) is 61.0 Å². The lowest BCUT2D eigenvalue weighted by Gasteiger charge is -2.27.